The van der Waals surface area contributed by atoms with Gasteiger partial charge < -0.3 is 9.11 Å². The third-order valence-electron chi connectivity index (χ3n) is 0. The van der Waals surface area contributed by atoms with Gasteiger partial charge in [-0.05, 0) is 0 Å². The van der Waals surface area contributed by atoms with Crippen LogP contribution >= 0.6 is 0 Å². The zero-order chi connectivity index (χ0) is 4.50. The second-order valence-electron chi connectivity index (χ2n) is 0.408. The maximum atomic E-state index is 8.52. The van der Waals surface area contributed by atoms with Gasteiger partial charge in [-0.15, -0.1) is 0 Å². The van der Waals surface area contributed by atoms with Crippen LogP contribution in [0.2, 0.25) is 0 Å². The molecule has 0 fully saturated rings. The summed E-state index contributed by atoms with van der Waals surface area (Å²) in [5.74, 6) is 0. The van der Waals surface area contributed by atoms with E-state index in [0.717, 1.165) is 0 Å². The molecule has 0 amide bonds. The molecular formula is LiO4RbS. The van der Waals surface area contributed by atoms with Crippen LogP contribution in [-0.2, 0) is 10.4 Å². The van der Waals surface area contributed by atoms with Gasteiger partial charge in [-0.2, -0.15) is 0 Å². The van der Waals surface area contributed by atoms with Gasteiger partial charge in [0.1, 0.15) is 0 Å². The predicted octanol–water partition coefficient (Wildman–Crippen LogP) is -7.33. The number of hydrogen-bond acceptors (Lipinski definition) is 4. The summed E-state index contributed by atoms with van der Waals surface area (Å²) in [4.78, 5) is 0. The third-order valence-corrected chi connectivity index (χ3v) is 0. The molecular weight excluding hydrogens is 188 g/mol. The van der Waals surface area contributed by atoms with Gasteiger partial charge in [0.25, 0.3) is 0 Å². The molecule has 0 radical (unpaired) electrons. The topological polar surface area (TPSA) is 80.3 Å². The standard InChI is InChI=1S/Li.H2O4S.Rb/c;1-5(2,3)4;/h;(H2,1,2,3,4);/q+1;;+1/p-2. The zero-order valence-corrected chi connectivity index (χ0v) is 9.77. The van der Waals surface area contributed by atoms with E-state index in [2.05, 4.69) is 0 Å². The van der Waals surface area contributed by atoms with E-state index in [0.29, 0.717) is 0 Å². The smallest absolute Gasteiger partial charge is 0.759 e. The maximum absolute atomic E-state index is 8.52. The van der Waals surface area contributed by atoms with E-state index in [1.54, 1.807) is 0 Å². The zero-order valence-electron chi connectivity index (χ0n) is 4.04. The molecule has 4 nitrogen and oxygen atoms in total. The first kappa shape index (κ1) is 16.1. The fourth-order valence-corrected chi connectivity index (χ4v) is 0. The van der Waals surface area contributed by atoms with Crippen molar-refractivity contribution in [3.8, 4) is 0 Å². The normalized spacial score (nSPS) is 8.29. The Hall–Kier alpha value is 2.27. The molecule has 0 atom stereocenters. The van der Waals surface area contributed by atoms with Crippen molar-refractivity contribution in [2.24, 2.45) is 0 Å². The molecule has 0 heterocycles. The van der Waals surface area contributed by atoms with Gasteiger partial charge in [0.05, 0.1) is 0 Å². The third kappa shape index (κ3) is 63.0. The minimum Gasteiger partial charge on any atom is -0.759 e. The van der Waals surface area contributed by atoms with Crippen molar-refractivity contribution in [2.75, 3.05) is 0 Å². The summed E-state index contributed by atoms with van der Waals surface area (Å²) >= 11 is 0. The Balaban J connectivity index is -0.0000000800. The molecule has 0 unspecified atom stereocenters. The van der Waals surface area contributed by atoms with Crippen molar-refractivity contribution < 1.29 is 94.6 Å². The Morgan fingerprint density at radius 3 is 1.14 bits per heavy atom. The molecule has 0 saturated carbocycles. The van der Waals surface area contributed by atoms with Crippen molar-refractivity contribution in [3.05, 3.63) is 0 Å². The van der Waals surface area contributed by atoms with Crippen LogP contribution in [0.1, 0.15) is 0 Å². The van der Waals surface area contributed by atoms with Crippen molar-refractivity contribution in [1.82, 2.24) is 0 Å². The van der Waals surface area contributed by atoms with Crippen LogP contribution in [-0.4, -0.2) is 17.5 Å². The van der Waals surface area contributed by atoms with Gasteiger partial charge in [0.15, 0.2) is 0 Å². The molecule has 0 aromatic heterocycles. The summed E-state index contributed by atoms with van der Waals surface area (Å²) in [6, 6.07) is 0. The monoisotopic (exact) mass is 188 g/mol. The van der Waals surface area contributed by atoms with E-state index >= 15 is 0 Å². The molecule has 0 aliphatic carbocycles. The molecule has 0 spiro atoms. The van der Waals surface area contributed by atoms with Crippen molar-refractivity contribution in [3.63, 3.8) is 0 Å². The van der Waals surface area contributed by atoms with Crippen LogP contribution in [0.25, 0.3) is 0 Å². The quantitative estimate of drug-likeness (QED) is 0.215. The van der Waals surface area contributed by atoms with Gasteiger partial charge in [-0.1, -0.05) is 0 Å². The Bertz CT molecular complexity index is 94.9. The van der Waals surface area contributed by atoms with Crippen LogP contribution in [0.15, 0.2) is 0 Å². The summed E-state index contributed by atoms with van der Waals surface area (Å²) in [5, 5.41) is 0. The summed E-state index contributed by atoms with van der Waals surface area (Å²) < 4.78 is 34.1. The van der Waals surface area contributed by atoms with Crippen LogP contribution in [0.3, 0.4) is 0 Å². The fourth-order valence-electron chi connectivity index (χ4n) is 0. The number of hydrogen-bond donors (Lipinski definition) is 0. The summed E-state index contributed by atoms with van der Waals surface area (Å²) in [6.07, 6.45) is 0. The van der Waals surface area contributed by atoms with E-state index in [4.69, 9.17) is 17.5 Å². The Morgan fingerprint density at radius 1 is 1.14 bits per heavy atom. The molecule has 0 rings (SSSR count). The van der Waals surface area contributed by atoms with E-state index in [9.17, 15) is 0 Å². The first-order chi connectivity index (χ1) is 2.00. The van der Waals surface area contributed by atoms with E-state index in [1.165, 1.54) is 0 Å². The van der Waals surface area contributed by atoms with Crippen molar-refractivity contribution in [1.29, 1.82) is 0 Å². The average Bonchev–Trinajstić information content (AvgIpc) is 0.722. The summed E-state index contributed by atoms with van der Waals surface area (Å²) in [7, 11) is -5.17. The van der Waals surface area contributed by atoms with Gasteiger partial charge in [-0.25, -0.2) is 0 Å². The van der Waals surface area contributed by atoms with Crippen molar-refractivity contribution in [2.45, 2.75) is 0 Å². The molecule has 0 N–H and O–H groups in total. The first-order valence-electron chi connectivity index (χ1n) is 0.667. The van der Waals surface area contributed by atoms with Crippen LogP contribution in [0.4, 0.5) is 0 Å². The molecule has 0 bridgehead atoms. The molecule has 7 heteroatoms. The van der Waals surface area contributed by atoms with Crippen LogP contribution in [0.5, 0.6) is 0 Å². The molecule has 0 aliphatic rings. The minimum absolute atomic E-state index is 0. The Labute approximate surface area is 103 Å². The largest absolute Gasteiger partial charge is 1.00 e. The van der Waals surface area contributed by atoms with Crippen LogP contribution in [0, 0.1) is 0 Å². The Morgan fingerprint density at radius 2 is 1.14 bits per heavy atom. The predicted molar refractivity (Wildman–Crippen MR) is 10.5 cm³/mol. The number of rotatable bonds is 0. The van der Waals surface area contributed by atoms with Gasteiger partial charge in [0.2, 0.25) is 0 Å². The average molecular weight is 188 g/mol. The SMILES string of the molecule is O=S(=O)([O-])[O-].[Li+].[Rb+]. The minimum atomic E-state index is -5.17. The molecule has 7 heavy (non-hydrogen) atoms. The maximum Gasteiger partial charge on any atom is 1.00 e. The molecule has 0 aromatic carbocycles. The van der Waals surface area contributed by atoms with Gasteiger partial charge in [-0.3, -0.25) is 8.42 Å². The molecule has 0 aromatic rings. The second kappa shape index (κ2) is 6.39. The molecule has 0 aliphatic heterocycles. The van der Waals surface area contributed by atoms with Gasteiger partial charge in [0, 0.05) is 10.4 Å². The Kier molecular flexibility index (Phi) is 14.7. The van der Waals surface area contributed by atoms with E-state index in [-0.39, 0.29) is 77.0 Å². The summed E-state index contributed by atoms with van der Waals surface area (Å²) in [6.45, 7) is 0. The van der Waals surface area contributed by atoms with Crippen LogP contribution < -0.4 is 77.0 Å². The molecule has 32 valence electrons. The molecule has 0 saturated heterocycles. The second-order valence-corrected chi connectivity index (χ2v) is 1.22. The summed E-state index contributed by atoms with van der Waals surface area (Å²) in [5.41, 5.74) is 0. The van der Waals surface area contributed by atoms with Gasteiger partial charge >= 0.3 is 77.0 Å². The van der Waals surface area contributed by atoms with Crippen molar-refractivity contribution >= 4 is 10.4 Å². The first-order valence-corrected chi connectivity index (χ1v) is 2.00. The van der Waals surface area contributed by atoms with E-state index < -0.39 is 10.4 Å². The fraction of sp³-hybridized carbons (Fsp3) is 0. The van der Waals surface area contributed by atoms with E-state index in [1.807, 2.05) is 0 Å².